The van der Waals surface area contributed by atoms with E-state index in [1.54, 1.807) is 0 Å². The number of hydrogen-bond donors (Lipinski definition) is 2. The van der Waals surface area contributed by atoms with E-state index in [-0.39, 0.29) is 5.95 Å². The Hall–Kier alpha value is -1.63. The van der Waals surface area contributed by atoms with Gasteiger partial charge in [0.1, 0.15) is 0 Å². The van der Waals surface area contributed by atoms with Crippen LogP contribution < -0.4 is 16.0 Å². The summed E-state index contributed by atoms with van der Waals surface area (Å²) in [4.78, 5) is 17.6. The van der Waals surface area contributed by atoms with Crippen molar-refractivity contribution in [2.45, 2.75) is 58.4 Å². The first kappa shape index (κ1) is 18.7. The molecule has 7 nitrogen and oxygen atoms in total. The summed E-state index contributed by atoms with van der Waals surface area (Å²) in [7, 11) is 2.01. The Labute approximate surface area is 146 Å². The van der Waals surface area contributed by atoms with Gasteiger partial charge in [-0.3, -0.25) is 4.90 Å². The van der Waals surface area contributed by atoms with Gasteiger partial charge in [-0.15, -0.1) is 0 Å². The second-order valence-electron chi connectivity index (χ2n) is 6.60. The van der Waals surface area contributed by atoms with Crippen LogP contribution in [0.1, 0.15) is 52.4 Å². The van der Waals surface area contributed by atoms with Crippen LogP contribution in [0.2, 0.25) is 0 Å². The second-order valence-corrected chi connectivity index (χ2v) is 6.60. The van der Waals surface area contributed by atoms with E-state index < -0.39 is 0 Å². The number of unbranched alkanes of at least 4 members (excludes halogenated alkanes) is 3. The molecule has 2 rings (SSSR count). The fourth-order valence-corrected chi connectivity index (χ4v) is 3.26. The largest absolute Gasteiger partial charge is 0.368 e. The van der Waals surface area contributed by atoms with Gasteiger partial charge < -0.3 is 16.0 Å². The molecule has 1 fully saturated rings. The van der Waals surface area contributed by atoms with Crippen LogP contribution in [0.4, 0.5) is 17.8 Å². The maximum atomic E-state index is 5.87. The molecular formula is C17H33N7. The molecule has 0 aliphatic carbocycles. The van der Waals surface area contributed by atoms with E-state index in [0.717, 1.165) is 26.1 Å². The highest BCUT2D eigenvalue weighted by Crippen LogP contribution is 2.17. The average Bonchev–Trinajstić information content (AvgIpc) is 3.03. The molecule has 2 heterocycles. The Morgan fingerprint density at radius 2 is 2.04 bits per heavy atom. The number of likely N-dealkylation sites (tertiary alicyclic amines) is 1. The van der Waals surface area contributed by atoms with Gasteiger partial charge in [0.05, 0.1) is 0 Å². The van der Waals surface area contributed by atoms with Crippen LogP contribution >= 0.6 is 0 Å². The third-order valence-corrected chi connectivity index (χ3v) is 4.73. The standard InChI is InChI=1S/C17H33N7/c1-4-6-7-8-11-23(3)17-21-15(18)20-16(22-17)19-13-14-10-9-12-24(14)5-2/h14H,4-13H2,1-3H3,(H3,18,19,20,21,22). The van der Waals surface area contributed by atoms with E-state index in [1.807, 2.05) is 7.05 Å². The van der Waals surface area contributed by atoms with Gasteiger partial charge in [-0.25, -0.2) is 0 Å². The highest BCUT2D eigenvalue weighted by Gasteiger charge is 2.22. The maximum absolute atomic E-state index is 5.87. The lowest BCUT2D eigenvalue weighted by molar-refractivity contribution is 0.277. The fourth-order valence-electron chi connectivity index (χ4n) is 3.26. The van der Waals surface area contributed by atoms with Crippen molar-refractivity contribution in [3.63, 3.8) is 0 Å². The summed E-state index contributed by atoms with van der Waals surface area (Å²) in [6, 6.07) is 0.559. The first-order chi connectivity index (χ1) is 11.6. The minimum atomic E-state index is 0.279. The van der Waals surface area contributed by atoms with E-state index in [4.69, 9.17) is 5.73 Å². The minimum absolute atomic E-state index is 0.279. The minimum Gasteiger partial charge on any atom is -0.368 e. The number of hydrogen-bond acceptors (Lipinski definition) is 7. The monoisotopic (exact) mass is 335 g/mol. The molecule has 1 aromatic rings. The normalized spacial score (nSPS) is 18.0. The summed E-state index contributed by atoms with van der Waals surface area (Å²) < 4.78 is 0. The lowest BCUT2D eigenvalue weighted by Gasteiger charge is -2.23. The number of anilines is 3. The Kier molecular flexibility index (Phi) is 7.49. The predicted molar refractivity (Wildman–Crippen MR) is 100 cm³/mol. The van der Waals surface area contributed by atoms with Gasteiger partial charge >= 0.3 is 0 Å². The zero-order chi connectivity index (χ0) is 17.4. The van der Waals surface area contributed by atoms with Crippen molar-refractivity contribution in [1.29, 1.82) is 0 Å². The molecule has 0 bridgehead atoms. The Morgan fingerprint density at radius 3 is 2.79 bits per heavy atom. The van der Waals surface area contributed by atoms with Gasteiger partial charge in [0.25, 0.3) is 0 Å². The van der Waals surface area contributed by atoms with E-state index in [2.05, 4.69) is 43.9 Å². The highest BCUT2D eigenvalue weighted by atomic mass is 15.3. The van der Waals surface area contributed by atoms with Gasteiger partial charge in [0.15, 0.2) is 0 Å². The number of nitrogens with one attached hydrogen (secondary N) is 1. The lowest BCUT2D eigenvalue weighted by Crippen LogP contribution is -2.35. The van der Waals surface area contributed by atoms with Gasteiger partial charge in [-0.1, -0.05) is 33.1 Å². The van der Waals surface area contributed by atoms with Gasteiger partial charge in [-0.05, 0) is 32.4 Å². The SMILES string of the molecule is CCCCCCN(C)c1nc(N)nc(NCC2CCCN2CC)n1. The Balaban J connectivity index is 1.90. The summed E-state index contributed by atoms with van der Waals surface area (Å²) >= 11 is 0. The van der Waals surface area contributed by atoms with Gasteiger partial charge in [0, 0.05) is 26.2 Å². The van der Waals surface area contributed by atoms with Crippen LogP contribution in [-0.4, -0.2) is 59.1 Å². The third-order valence-electron chi connectivity index (χ3n) is 4.73. The third kappa shape index (κ3) is 5.47. The van der Waals surface area contributed by atoms with Gasteiger partial charge in [0.2, 0.25) is 17.8 Å². The van der Waals surface area contributed by atoms with Crippen LogP contribution in [0.25, 0.3) is 0 Å². The van der Waals surface area contributed by atoms with E-state index in [9.17, 15) is 0 Å². The predicted octanol–water partition coefficient (Wildman–Crippen LogP) is 2.37. The summed E-state index contributed by atoms with van der Waals surface area (Å²) in [5.41, 5.74) is 5.87. The maximum Gasteiger partial charge on any atom is 0.231 e. The molecule has 0 radical (unpaired) electrons. The van der Waals surface area contributed by atoms with E-state index in [1.165, 1.54) is 38.6 Å². The first-order valence-corrected chi connectivity index (χ1v) is 9.34. The van der Waals surface area contributed by atoms with E-state index in [0.29, 0.717) is 17.9 Å². The molecular weight excluding hydrogens is 302 g/mol. The zero-order valence-corrected chi connectivity index (χ0v) is 15.5. The first-order valence-electron chi connectivity index (χ1n) is 9.34. The molecule has 24 heavy (non-hydrogen) atoms. The van der Waals surface area contributed by atoms with Crippen molar-refractivity contribution >= 4 is 17.8 Å². The summed E-state index contributed by atoms with van der Waals surface area (Å²) in [5.74, 6) is 1.52. The van der Waals surface area contributed by atoms with Crippen molar-refractivity contribution in [3.8, 4) is 0 Å². The lowest BCUT2D eigenvalue weighted by atomic mass is 10.2. The molecule has 1 aromatic heterocycles. The molecule has 3 N–H and O–H groups in total. The molecule has 7 heteroatoms. The average molecular weight is 336 g/mol. The quantitative estimate of drug-likeness (QED) is 0.635. The number of likely N-dealkylation sites (N-methyl/N-ethyl adjacent to an activating group) is 1. The summed E-state index contributed by atoms with van der Waals surface area (Å²) in [5, 5.41) is 3.35. The smallest absolute Gasteiger partial charge is 0.231 e. The van der Waals surface area contributed by atoms with Crippen LogP contribution in [0, 0.1) is 0 Å². The van der Waals surface area contributed by atoms with Crippen molar-refractivity contribution in [2.75, 3.05) is 49.2 Å². The highest BCUT2D eigenvalue weighted by molar-refractivity contribution is 5.41. The number of rotatable bonds is 10. The molecule has 1 saturated heterocycles. The van der Waals surface area contributed by atoms with Crippen LogP contribution in [0.3, 0.4) is 0 Å². The number of aromatic nitrogens is 3. The van der Waals surface area contributed by atoms with Crippen molar-refractivity contribution in [3.05, 3.63) is 0 Å². The van der Waals surface area contributed by atoms with Crippen molar-refractivity contribution in [2.24, 2.45) is 0 Å². The van der Waals surface area contributed by atoms with Gasteiger partial charge in [-0.2, -0.15) is 15.0 Å². The summed E-state index contributed by atoms with van der Waals surface area (Å²) in [6.45, 7) is 8.51. The molecule has 1 aliphatic rings. The number of nitrogen functional groups attached to an aromatic ring is 1. The molecule has 1 aliphatic heterocycles. The van der Waals surface area contributed by atoms with Crippen LogP contribution in [0.15, 0.2) is 0 Å². The molecule has 136 valence electrons. The molecule has 1 atom stereocenters. The molecule has 0 spiro atoms. The molecule has 0 amide bonds. The van der Waals surface area contributed by atoms with Crippen molar-refractivity contribution < 1.29 is 0 Å². The topological polar surface area (TPSA) is 83.2 Å². The number of nitrogens with two attached hydrogens (primary N) is 1. The summed E-state index contributed by atoms with van der Waals surface area (Å²) in [6.07, 6.45) is 7.39. The molecule has 0 saturated carbocycles. The fraction of sp³-hybridized carbons (Fsp3) is 0.824. The molecule has 1 unspecified atom stereocenters. The van der Waals surface area contributed by atoms with Crippen molar-refractivity contribution in [1.82, 2.24) is 19.9 Å². The second kappa shape index (κ2) is 9.61. The van der Waals surface area contributed by atoms with E-state index >= 15 is 0 Å². The zero-order valence-electron chi connectivity index (χ0n) is 15.5. The number of nitrogens with zero attached hydrogens (tertiary/aromatic N) is 5. The van der Waals surface area contributed by atoms with Crippen LogP contribution in [0.5, 0.6) is 0 Å². The Morgan fingerprint density at radius 1 is 1.21 bits per heavy atom. The Bertz CT molecular complexity index is 494. The van der Waals surface area contributed by atoms with Crippen LogP contribution in [-0.2, 0) is 0 Å². The molecule has 0 aromatic carbocycles.